The molecule has 1 aromatic heterocycles. The number of aromatic nitrogens is 2. The predicted molar refractivity (Wildman–Crippen MR) is 91.7 cm³/mol. The molecule has 1 saturated heterocycles. The van der Waals surface area contributed by atoms with E-state index in [-0.39, 0.29) is 11.9 Å². The highest BCUT2D eigenvalue weighted by Gasteiger charge is 2.23. The van der Waals surface area contributed by atoms with E-state index in [0.29, 0.717) is 6.54 Å². The van der Waals surface area contributed by atoms with Crippen LogP contribution in [0.1, 0.15) is 25.3 Å². The van der Waals surface area contributed by atoms with E-state index >= 15 is 0 Å². The smallest absolute Gasteiger partial charge is 0.244 e. The number of carbonyl (C=O) groups excluding carboxylic acids is 1. The van der Waals surface area contributed by atoms with Crippen molar-refractivity contribution in [2.45, 2.75) is 32.4 Å². The molecular formula is C17H21ClN4O. The van der Waals surface area contributed by atoms with Crippen molar-refractivity contribution in [2.75, 3.05) is 18.4 Å². The molecule has 2 heterocycles. The molecule has 1 N–H and O–H groups in total. The van der Waals surface area contributed by atoms with Crippen LogP contribution in [0.2, 0.25) is 5.02 Å². The standard InChI is InChI=1S/C17H21ClN4O/c1-13(17(23)21-8-2-3-9-21)20-16-10-19-22(12-16)11-14-4-6-15(18)7-5-14/h4-7,10,12-13,20H,2-3,8-9,11H2,1H3/t13-/m0/s1. The van der Waals surface area contributed by atoms with Crippen LogP contribution in [0.3, 0.4) is 0 Å². The number of halogens is 1. The Morgan fingerprint density at radius 3 is 2.70 bits per heavy atom. The van der Waals surface area contributed by atoms with Gasteiger partial charge in [-0.2, -0.15) is 5.10 Å². The van der Waals surface area contributed by atoms with Gasteiger partial charge in [-0.3, -0.25) is 9.48 Å². The maximum Gasteiger partial charge on any atom is 0.244 e. The summed E-state index contributed by atoms with van der Waals surface area (Å²) < 4.78 is 1.85. The highest BCUT2D eigenvalue weighted by molar-refractivity contribution is 6.30. The summed E-state index contributed by atoms with van der Waals surface area (Å²) in [6.07, 6.45) is 5.89. The van der Waals surface area contributed by atoms with Crippen LogP contribution < -0.4 is 5.32 Å². The van der Waals surface area contributed by atoms with Crippen molar-refractivity contribution in [1.82, 2.24) is 14.7 Å². The number of anilines is 1. The second-order valence-corrected chi connectivity index (χ2v) is 6.39. The fourth-order valence-corrected chi connectivity index (χ4v) is 2.95. The monoisotopic (exact) mass is 332 g/mol. The van der Waals surface area contributed by atoms with E-state index in [9.17, 15) is 4.79 Å². The average molecular weight is 333 g/mol. The summed E-state index contributed by atoms with van der Waals surface area (Å²) in [6, 6.07) is 7.47. The Morgan fingerprint density at radius 2 is 2.00 bits per heavy atom. The lowest BCUT2D eigenvalue weighted by Gasteiger charge is -2.21. The Kier molecular flexibility index (Phi) is 4.86. The zero-order chi connectivity index (χ0) is 16.2. The molecule has 1 aromatic carbocycles. The minimum atomic E-state index is -0.235. The van der Waals surface area contributed by atoms with E-state index < -0.39 is 0 Å². The van der Waals surface area contributed by atoms with Gasteiger partial charge in [-0.25, -0.2) is 0 Å². The van der Waals surface area contributed by atoms with Crippen LogP contribution in [-0.2, 0) is 11.3 Å². The van der Waals surface area contributed by atoms with Gasteiger partial charge in [-0.05, 0) is 37.5 Å². The van der Waals surface area contributed by atoms with Gasteiger partial charge in [0.15, 0.2) is 0 Å². The summed E-state index contributed by atoms with van der Waals surface area (Å²) in [5.41, 5.74) is 1.99. The molecule has 2 aromatic rings. The number of carbonyl (C=O) groups is 1. The lowest BCUT2D eigenvalue weighted by Crippen LogP contribution is -2.39. The van der Waals surface area contributed by atoms with E-state index in [1.807, 2.05) is 47.0 Å². The first kappa shape index (κ1) is 15.9. The summed E-state index contributed by atoms with van der Waals surface area (Å²) in [7, 11) is 0. The van der Waals surface area contributed by atoms with Gasteiger partial charge in [0.05, 0.1) is 18.4 Å². The van der Waals surface area contributed by atoms with Gasteiger partial charge in [-0.1, -0.05) is 23.7 Å². The first-order valence-corrected chi connectivity index (χ1v) is 8.32. The molecule has 1 atom stereocenters. The minimum Gasteiger partial charge on any atom is -0.371 e. The van der Waals surface area contributed by atoms with E-state index in [0.717, 1.165) is 42.2 Å². The average Bonchev–Trinajstić information content (AvgIpc) is 3.21. The maximum absolute atomic E-state index is 12.3. The Bertz CT molecular complexity index is 661. The van der Waals surface area contributed by atoms with E-state index in [1.54, 1.807) is 6.20 Å². The van der Waals surface area contributed by atoms with E-state index in [2.05, 4.69) is 10.4 Å². The van der Waals surface area contributed by atoms with Crippen molar-refractivity contribution >= 4 is 23.2 Å². The molecule has 1 fully saturated rings. The second-order valence-electron chi connectivity index (χ2n) is 5.95. The topological polar surface area (TPSA) is 50.2 Å². The highest BCUT2D eigenvalue weighted by Crippen LogP contribution is 2.14. The van der Waals surface area contributed by atoms with Crippen molar-refractivity contribution in [3.05, 3.63) is 47.2 Å². The zero-order valence-corrected chi connectivity index (χ0v) is 14.0. The van der Waals surface area contributed by atoms with Crippen LogP contribution in [0.25, 0.3) is 0 Å². The molecule has 0 aliphatic carbocycles. The Labute approximate surface area is 141 Å². The molecule has 1 amide bonds. The van der Waals surface area contributed by atoms with Crippen LogP contribution in [0, 0.1) is 0 Å². The first-order chi connectivity index (χ1) is 11.1. The molecule has 0 radical (unpaired) electrons. The lowest BCUT2D eigenvalue weighted by atomic mass is 10.2. The van der Waals surface area contributed by atoms with Crippen LogP contribution >= 0.6 is 11.6 Å². The number of rotatable bonds is 5. The molecule has 3 rings (SSSR count). The predicted octanol–water partition coefficient (Wildman–Crippen LogP) is 3.01. The molecule has 1 aliphatic rings. The number of nitrogens with one attached hydrogen (secondary N) is 1. The molecule has 122 valence electrons. The van der Waals surface area contributed by atoms with Crippen molar-refractivity contribution < 1.29 is 4.79 Å². The number of hydrogen-bond donors (Lipinski definition) is 1. The minimum absolute atomic E-state index is 0.160. The molecule has 23 heavy (non-hydrogen) atoms. The van der Waals surface area contributed by atoms with Crippen molar-refractivity contribution in [3.8, 4) is 0 Å². The molecule has 1 aliphatic heterocycles. The summed E-state index contributed by atoms with van der Waals surface area (Å²) in [5.74, 6) is 0.160. The molecular weight excluding hydrogens is 312 g/mol. The van der Waals surface area contributed by atoms with Gasteiger partial charge in [0.2, 0.25) is 5.91 Å². The van der Waals surface area contributed by atoms with Gasteiger partial charge in [0.25, 0.3) is 0 Å². The maximum atomic E-state index is 12.3. The van der Waals surface area contributed by atoms with Crippen LogP contribution in [-0.4, -0.2) is 39.7 Å². The summed E-state index contributed by atoms with van der Waals surface area (Å²) in [4.78, 5) is 14.2. The van der Waals surface area contributed by atoms with E-state index in [4.69, 9.17) is 11.6 Å². The van der Waals surface area contributed by atoms with Gasteiger partial charge >= 0.3 is 0 Å². The number of hydrogen-bond acceptors (Lipinski definition) is 3. The molecule has 0 spiro atoms. The molecule has 5 nitrogen and oxygen atoms in total. The first-order valence-electron chi connectivity index (χ1n) is 7.94. The SMILES string of the molecule is C[C@H](Nc1cnn(Cc2ccc(Cl)cc2)c1)C(=O)N1CCCC1. The quantitative estimate of drug-likeness (QED) is 0.915. The zero-order valence-electron chi connectivity index (χ0n) is 13.2. The van der Waals surface area contributed by atoms with Gasteiger partial charge in [0, 0.05) is 24.3 Å². The Hall–Kier alpha value is -2.01. The number of nitrogens with zero attached hydrogens (tertiary/aromatic N) is 3. The lowest BCUT2D eigenvalue weighted by molar-refractivity contribution is -0.130. The van der Waals surface area contributed by atoms with Crippen molar-refractivity contribution in [3.63, 3.8) is 0 Å². The number of likely N-dealkylation sites (tertiary alicyclic amines) is 1. The van der Waals surface area contributed by atoms with Crippen LogP contribution in [0.5, 0.6) is 0 Å². The highest BCUT2D eigenvalue weighted by atomic mass is 35.5. The fourth-order valence-electron chi connectivity index (χ4n) is 2.82. The number of benzene rings is 1. The van der Waals surface area contributed by atoms with Crippen LogP contribution in [0.4, 0.5) is 5.69 Å². The normalized spacial score (nSPS) is 15.7. The Balaban J connectivity index is 1.58. The van der Waals surface area contributed by atoms with Crippen molar-refractivity contribution in [2.24, 2.45) is 0 Å². The summed E-state index contributed by atoms with van der Waals surface area (Å²) in [5, 5.41) is 8.31. The molecule has 0 bridgehead atoms. The third-order valence-corrected chi connectivity index (χ3v) is 4.31. The van der Waals surface area contributed by atoms with Crippen molar-refractivity contribution in [1.29, 1.82) is 0 Å². The molecule has 6 heteroatoms. The van der Waals surface area contributed by atoms with Gasteiger partial charge in [-0.15, -0.1) is 0 Å². The third-order valence-electron chi connectivity index (χ3n) is 4.06. The molecule has 0 saturated carbocycles. The van der Waals surface area contributed by atoms with Gasteiger partial charge < -0.3 is 10.2 Å². The number of amides is 1. The largest absolute Gasteiger partial charge is 0.371 e. The third kappa shape index (κ3) is 4.05. The van der Waals surface area contributed by atoms with E-state index in [1.165, 1.54) is 0 Å². The molecule has 0 unspecified atom stereocenters. The second kappa shape index (κ2) is 7.04. The van der Waals surface area contributed by atoms with Crippen LogP contribution in [0.15, 0.2) is 36.7 Å². The summed E-state index contributed by atoms with van der Waals surface area (Å²) in [6.45, 7) is 4.33. The summed E-state index contributed by atoms with van der Waals surface area (Å²) >= 11 is 5.89. The van der Waals surface area contributed by atoms with Gasteiger partial charge in [0.1, 0.15) is 6.04 Å². The fraction of sp³-hybridized carbons (Fsp3) is 0.412. The Morgan fingerprint density at radius 1 is 1.30 bits per heavy atom.